The Hall–Kier alpha value is -1.56. The number of aryl methyl sites for hydroxylation is 1. The third-order valence-electron chi connectivity index (χ3n) is 2.37. The zero-order valence-electron chi connectivity index (χ0n) is 10.00. The van der Waals surface area contributed by atoms with Crippen molar-refractivity contribution in [2.24, 2.45) is 0 Å². The van der Waals surface area contributed by atoms with Crippen molar-refractivity contribution in [3.05, 3.63) is 33.8 Å². The van der Waals surface area contributed by atoms with E-state index in [9.17, 15) is 9.59 Å². The van der Waals surface area contributed by atoms with E-state index in [0.717, 1.165) is 15.6 Å². The molecule has 0 aliphatic carbocycles. The van der Waals surface area contributed by atoms with E-state index in [4.69, 9.17) is 5.11 Å². The maximum Gasteiger partial charge on any atom is 0.315 e. The molecule has 0 saturated heterocycles. The van der Waals surface area contributed by atoms with E-state index < -0.39 is 5.97 Å². The van der Waals surface area contributed by atoms with Crippen molar-refractivity contribution >= 4 is 27.9 Å². The monoisotopic (exact) mass is 314 g/mol. The van der Waals surface area contributed by atoms with Crippen LogP contribution in [0.5, 0.6) is 0 Å². The first-order valence-corrected chi connectivity index (χ1v) is 6.27. The summed E-state index contributed by atoms with van der Waals surface area (Å²) < 4.78 is 0.995. The van der Waals surface area contributed by atoms with E-state index in [2.05, 4.69) is 26.6 Å². The van der Waals surface area contributed by atoms with Crippen LogP contribution in [-0.4, -0.2) is 23.7 Å². The van der Waals surface area contributed by atoms with Gasteiger partial charge in [-0.25, -0.2) is 4.79 Å². The Balaban J connectivity index is 2.36. The van der Waals surface area contributed by atoms with Gasteiger partial charge >= 0.3 is 12.0 Å². The van der Waals surface area contributed by atoms with Crippen LogP contribution in [0.4, 0.5) is 4.79 Å². The first kappa shape index (κ1) is 14.5. The Morgan fingerprint density at radius 3 is 2.67 bits per heavy atom. The quantitative estimate of drug-likeness (QED) is 0.778. The molecule has 2 amide bonds. The van der Waals surface area contributed by atoms with Gasteiger partial charge in [-0.05, 0) is 30.2 Å². The average molecular weight is 315 g/mol. The molecule has 0 unspecified atom stereocenters. The van der Waals surface area contributed by atoms with Gasteiger partial charge in [-0.3, -0.25) is 4.79 Å². The van der Waals surface area contributed by atoms with Crippen molar-refractivity contribution in [2.75, 3.05) is 6.54 Å². The van der Waals surface area contributed by atoms with Crippen molar-refractivity contribution in [3.8, 4) is 0 Å². The molecule has 0 heterocycles. The SMILES string of the molecule is Cc1cc(Br)ccc1CNC(=O)NCCC(=O)O. The normalized spacial score (nSPS) is 9.89. The number of nitrogens with one attached hydrogen (secondary N) is 2. The first-order chi connectivity index (χ1) is 8.49. The van der Waals surface area contributed by atoms with E-state index in [0.29, 0.717) is 6.54 Å². The minimum Gasteiger partial charge on any atom is -0.481 e. The van der Waals surface area contributed by atoms with E-state index in [1.54, 1.807) is 0 Å². The van der Waals surface area contributed by atoms with Gasteiger partial charge in [-0.1, -0.05) is 22.0 Å². The molecule has 0 spiro atoms. The zero-order valence-corrected chi connectivity index (χ0v) is 11.6. The Bertz CT molecular complexity index is 449. The molecule has 0 aromatic heterocycles. The number of aliphatic carboxylic acids is 1. The highest BCUT2D eigenvalue weighted by molar-refractivity contribution is 9.10. The molecule has 0 atom stereocenters. The minimum absolute atomic E-state index is 0.0786. The van der Waals surface area contributed by atoms with Gasteiger partial charge in [-0.2, -0.15) is 0 Å². The van der Waals surface area contributed by atoms with Crippen molar-refractivity contribution in [3.63, 3.8) is 0 Å². The number of benzene rings is 1. The lowest BCUT2D eigenvalue weighted by Crippen LogP contribution is -2.36. The summed E-state index contributed by atoms with van der Waals surface area (Å²) in [5, 5.41) is 13.6. The third-order valence-corrected chi connectivity index (χ3v) is 2.86. The lowest BCUT2D eigenvalue weighted by molar-refractivity contribution is -0.136. The number of carbonyl (C=O) groups is 2. The average Bonchev–Trinajstić information content (AvgIpc) is 2.27. The van der Waals surface area contributed by atoms with Gasteiger partial charge in [0.1, 0.15) is 0 Å². The summed E-state index contributed by atoms with van der Waals surface area (Å²) in [6.45, 7) is 2.50. The van der Waals surface area contributed by atoms with Gasteiger partial charge in [0.15, 0.2) is 0 Å². The molecule has 1 aromatic carbocycles. The van der Waals surface area contributed by atoms with Crippen molar-refractivity contribution in [1.29, 1.82) is 0 Å². The zero-order chi connectivity index (χ0) is 13.5. The molecule has 0 radical (unpaired) electrons. The summed E-state index contributed by atoms with van der Waals surface area (Å²) in [6, 6.07) is 5.45. The number of hydrogen-bond acceptors (Lipinski definition) is 2. The van der Waals surface area contributed by atoms with Crippen LogP contribution in [0.3, 0.4) is 0 Å². The summed E-state index contributed by atoms with van der Waals surface area (Å²) in [5.74, 6) is -0.931. The van der Waals surface area contributed by atoms with Crippen molar-refractivity contribution in [1.82, 2.24) is 10.6 Å². The van der Waals surface area contributed by atoms with Gasteiger partial charge in [0.25, 0.3) is 0 Å². The number of halogens is 1. The third kappa shape index (κ3) is 5.18. The van der Waals surface area contributed by atoms with E-state index in [1.807, 2.05) is 25.1 Å². The van der Waals surface area contributed by atoms with Crippen LogP contribution in [0.2, 0.25) is 0 Å². The number of carboxylic acids is 1. The van der Waals surface area contributed by atoms with E-state index in [-0.39, 0.29) is 19.0 Å². The molecule has 18 heavy (non-hydrogen) atoms. The van der Waals surface area contributed by atoms with Gasteiger partial charge in [0.05, 0.1) is 6.42 Å². The largest absolute Gasteiger partial charge is 0.481 e. The highest BCUT2D eigenvalue weighted by atomic mass is 79.9. The predicted molar refractivity (Wildman–Crippen MR) is 71.4 cm³/mol. The van der Waals surface area contributed by atoms with Crippen LogP contribution < -0.4 is 10.6 Å². The van der Waals surface area contributed by atoms with Crippen LogP contribution in [0, 0.1) is 6.92 Å². The van der Waals surface area contributed by atoms with Crippen molar-refractivity contribution < 1.29 is 14.7 Å². The summed E-state index contributed by atoms with van der Waals surface area (Å²) >= 11 is 3.37. The molecule has 0 fully saturated rings. The van der Waals surface area contributed by atoms with Crippen LogP contribution in [-0.2, 0) is 11.3 Å². The minimum atomic E-state index is -0.931. The molecule has 1 aromatic rings. The maximum atomic E-state index is 11.4. The lowest BCUT2D eigenvalue weighted by Gasteiger charge is -2.09. The van der Waals surface area contributed by atoms with Crippen LogP contribution >= 0.6 is 15.9 Å². The second-order valence-corrected chi connectivity index (χ2v) is 4.74. The maximum absolute atomic E-state index is 11.4. The number of hydrogen-bond donors (Lipinski definition) is 3. The molecule has 1 rings (SSSR count). The summed E-state index contributed by atoms with van der Waals surface area (Å²) in [6.07, 6.45) is -0.0786. The molecule has 0 saturated carbocycles. The Morgan fingerprint density at radius 1 is 1.33 bits per heavy atom. The highest BCUT2D eigenvalue weighted by Crippen LogP contribution is 2.15. The summed E-state index contributed by atoms with van der Waals surface area (Å²) in [7, 11) is 0. The molecule has 5 nitrogen and oxygen atoms in total. The topological polar surface area (TPSA) is 78.4 Å². The Kier molecular flexibility index (Phi) is 5.64. The van der Waals surface area contributed by atoms with Crippen LogP contribution in [0.1, 0.15) is 17.5 Å². The van der Waals surface area contributed by atoms with E-state index in [1.165, 1.54) is 0 Å². The number of carboxylic acid groups (broad SMARTS) is 1. The fraction of sp³-hybridized carbons (Fsp3) is 0.333. The second-order valence-electron chi connectivity index (χ2n) is 3.82. The molecule has 0 aliphatic rings. The fourth-order valence-electron chi connectivity index (χ4n) is 1.38. The Morgan fingerprint density at radius 2 is 2.06 bits per heavy atom. The molecule has 6 heteroatoms. The number of urea groups is 1. The van der Waals surface area contributed by atoms with Crippen LogP contribution in [0.15, 0.2) is 22.7 Å². The van der Waals surface area contributed by atoms with Crippen LogP contribution in [0.25, 0.3) is 0 Å². The fourth-order valence-corrected chi connectivity index (χ4v) is 1.85. The van der Waals surface area contributed by atoms with Gasteiger partial charge in [-0.15, -0.1) is 0 Å². The second kappa shape index (κ2) is 7.00. The number of rotatable bonds is 5. The highest BCUT2D eigenvalue weighted by Gasteiger charge is 2.03. The Labute approximate surface area is 114 Å². The first-order valence-electron chi connectivity index (χ1n) is 5.47. The van der Waals surface area contributed by atoms with Gasteiger partial charge < -0.3 is 15.7 Å². The number of amides is 2. The molecule has 3 N–H and O–H groups in total. The van der Waals surface area contributed by atoms with Gasteiger partial charge in [0.2, 0.25) is 0 Å². The van der Waals surface area contributed by atoms with Crippen molar-refractivity contribution in [2.45, 2.75) is 19.9 Å². The summed E-state index contributed by atoms with van der Waals surface area (Å²) in [4.78, 5) is 21.6. The molecular weight excluding hydrogens is 300 g/mol. The molecule has 98 valence electrons. The van der Waals surface area contributed by atoms with Gasteiger partial charge in [0, 0.05) is 17.6 Å². The molecule has 0 bridgehead atoms. The summed E-state index contributed by atoms with van der Waals surface area (Å²) in [5.41, 5.74) is 2.10. The predicted octanol–water partition coefficient (Wildman–Crippen LogP) is 2.03. The number of carbonyl (C=O) groups excluding carboxylic acids is 1. The standard InChI is InChI=1S/C12H15BrN2O3/c1-8-6-10(13)3-2-9(8)7-15-12(18)14-5-4-11(16)17/h2-3,6H,4-5,7H2,1H3,(H,16,17)(H2,14,15,18). The van der Waals surface area contributed by atoms with E-state index >= 15 is 0 Å². The molecular formula is C12H15BrN2O3. The smallest absolute Gasteiger partial charge is 0.315 e. The lowest BCUT2D eigenvalue weighted by atomic mass is 10.1. The molecule has 0 aliphatic heterocycles.